The number of hydrogen-bond acceptors (Lipinski definition) is 3. The number of piperazine rings is 1. The molecule has 0 saturated carbocycles. The maximum atomic E-state index is 12.7. The van der Waals surface area contributed by atoms with E-state index in [9.17, 15) is 4.79 Å². The predicted molar refractivity (Wildman–Crippen MR) is 101 cm³/mol. The Morgan fingerprint density at radius 3 is 2.16 bits per heavy atom. The van der Waals surface area contributed by atoms with Crippen molar-refractivity contribution in [3.8, 4) is 5.75 Å². The smallest absolute Gasteiger partial charge is 0.227 e. The molecule has 2 atom stereocenters. The normalized spacial score (nSPS) is 20.4. The molecule has 132 valence electrons. The number of benzene rings is 2. The van der Waals surface area contributed by atoms with Gasteiger partial charge in [0.1, 0.15) is 5.75 Å². The first kappa shape index (κ1) is 17.3. The number of ether oxygens (including phenoxy) is 1. The Labute approximate surface area is 150 Å². The lowest BCUT2D eigenvalue weighted by molar-refractivity contribution is -0.131. The largest absolute Gasteiger partial charge is 0.497 e. The van der Waals surface area contributed by atoms with Crippen LogP contribution in [-0.2, 0) is 11.2 Å². The Balaban J connectivity index is 1.65. The molecule has 1 fully saturated rings. The van der Waals surface area contributed by atoms with Gasteiger partial charge in [-0.3, -0.25) is 4.79 Å². The summed E-state index contributed by atoms with van der Waals surface area (Å²) in [5, 5.41) is 0. The van der Waals surface area contributed by atoms with Crippen LogP contribution in [0.2, 0.25) is 0 Å². The van der Waals surface area contributed by atoms with Gasteiger partial charge in [-0.05, 0) is 43.7 Å². The fourth-order valence-electron chi connectivity index (χ4n) is 3.67. The number of methoxy groups -OCH3 is 1. The Morgan fingerprint density at radius 2 is 1.60 bits per heavy atom. The molecule has 0 aliphatic carbocycles. The zero-order valence-corrected chi connectivity index (χ0v) is 15.2. The molecular formula is C21H26N2O2. The molecular weight excluding hydrogens is 312 g/mol. The van der Waals surface area contributed by atoms with Crippen LogP contribution in [0.15, 0.2) is 54.6 Å². The first-order valence-corrected chi connectivity index (χ1v) is 8.82. The van der Waals surface area contributed by atoms with Crippen molar-refractivity contribution >= 4 is 11.6 Å². The fourth-order valence-corrected chi connectivity index (χ4v) is 3.67. The highest BCUT2D eigenvalue weighted by atomic mass is 16.5. The minimum absolute atomic E-state index is 0.191. The number of amides is 1. The Kier molecular flexibility index (Phi) is 5.27. The van der Waals surface area contributed by atoms with Crippen molar-refractivity contribution in [1.29, 1.82) is 0 Å². The van der Waals surface area contributed by atoms with E-state index in [0.717, 1.165) is 24.4 Å². The molecule has 1 heterocycles. The third-order valence-electron chi connectivity index (χ3n) is 4.84. The molecule has 4 heteroatoms. The Bertz CT molecular complexity index is 688. The van der Waals surface area contributed by atoms with E-state index >= 15 is 0 Å². The molecule has 1 saturated heterocycles. The molecule has 0 spiro atoms. The van der Waals surface area contributed by atoms with Crippen LogP contribution >= 0.6 is 0 Å². The molecule has 25 heavy (non-hydrogen) atoms. The Hall–Kier alpha value is -2.49. The van der Waals surface area contributed by atoms with Crippen LogP contribution in [0, 0.1) is 0 Å². The van der Waals surface area contributed by atoms with Gasteiger partial charge in [0.15, 0.2) is 0 Å². The summed E-state index contributed by atoms with van der Waals surface area (Å²) in [4.78, 5) is 17.1. The summed E-state index contributed by atoms with van der Waals surface area (Å²) < 4.78 is 5.17. The monoisotopic (exact) mass is 338 g/mol. The van der Waals surface area contributed by atoms with Crippen molar-refractivity contribution in [2.24, 2.45) is 0 Å². The maximum absolute atomic E-state index is 12.7. The average Bonchev–Trinajstić information content (AvgIpc) is 2.62. The molecule has 3 rings (SSSR count). The quantitative estimate of drug-likeness (QED) is 0.857. The topological polar surface area (TPSA) is 32.8 Å². The molecule has 2 aromatic carbocycles. The van der Waals surface area contributed by atoms with Crippen LogP contribution in [0.1, 0.15) is 19.4 Å². The lowest BCUT2D eigenvalue weighted by Gasteiger charge is -2.46. The van der Waals surface area contributed by atoms with E-state index in [0.29, 0.717) is 18.5 Å². The predicted octanol–water partition coefficient (Wildman–Crippen LogP) is 3.36. The summed E-state index contributed by atoms with van der Waals surface area (Å²) in [6.07, 6.45) is 0.439. The fraction of sp³-hybridized carbons (Fsp3) is 0.381. The molecule has 0 aromatic heterocycles. The molecule has 0 radical (unpaired) electrons. The number of hydrogen-bond donors (Lipinski definition) is 0. The van der Waals surface area contributed by atoms with Crippen LogP contribution < -0.4 is 9.64 Å². The van der Waals surface area contributed by atoms with Crippen molar-refractivity contribution in [3.05, 3.63) is 60.2 Å². The van der Waals surface area contributed by atoms with Crippen LogP contribution in [0.5, 0.6) is 5.75 Å². The van der Waals surface area contributed by atoms with E-state index in [-0.39, 0.29) is 5.91 Å². The second-order valence-corrected chi connectivity index (χ2v) is 6.76. The third kappa shape index (κ3) is 3.95. The summed E-state index contributed by atoms with van der Waals surface area (Å²) in [5.41, 5.74) is 2.25. The highest BCUT2D eigenvalue weighted by Gasteiger charge is 2.31. The third-order valence-corrected chi connectivity index (χ3v) is 4.84. The first-order chi connectivity index (χ1) is 12.1. The number of anilines is 1. The van der Waals surface area contributed by atoms with Gasteiger partial charge in [-0.15, -0.1) is 0 Å². The summed E-state index contributed by atoms with van der Waals surface area (Å²) in [6.45, 7) is 5.90. The standard InChI is InChI=1S/C21H26N2O2/c1-16-14-22(15-17(2)23(16)19-7-5-4-6-8-19)21(24)13-18-9-11-20(25-3)12-10-18/h4-12,16-17H,13-15H2,1-3H3. The zero-order chi connectivity index (χ0) is 17.8. The average molecular weight is 338 g/mol. The summed E-state index contributed by atoms with van der Waals surface area (Å²) in [6, 6.07) is 18.8. The minimum Gasteiger partial charge on any atom is -0.497 e. The highest BCUT2D eigenvalue weighted by molar-refractivity contribution is 5.79. The van der Waals surface area contributed by atoms with Gasteiger partial charge in [-0.25, -0.2) is 0 Å². The van der Waals surface area contributed by atoms with E-state index in [1.54, 1.807) is 7.11 Å². The van der Waals surface area contributed by atoms with Gasteiger partial charge in [0.05, 0.1) is 13.5 Å². The van der Waals surface area contributed by atoms with E-state index in [4.69, 9.17) is 4.74 Å². The molecule has 1 aliphatic heterocycles. The van der Waals surface area contributed by atoms with Gasteiger partial charge >= 0.3 is 0 Å². The summed E-state index contributed by atoms with van der Waals surface area (Å²) in [5.74, 6) is 1.01. The van der Waals surface area contributed by atoms with Crippen molar-refractivity contribution in [2.75, 3.05) is 25.1 Å². The lowest BCUT2D eigenvalue weighted by atomic mass is 10.0. The molecule has 1 aliphatic rings. The van der Waals surface area contributed by atoms with Crippen LogP contribution in [-0.4, -0.2) is 43.1 Å². The van der Waals surface area contributed by atoms with Gasteiger partial charge in [0.25, 0.3) is 0 Å². The molecule has 4 nitrogen and oxygen atoms in total. The van der Waals surface area contributed by atoms with E-state index < -0.39 is 0 Å². The SMILES string of the molecule is COc1ccc(CC(=O)N2CC(C)N(c3ccccc3)C(C)C2)cc1. The highest BCUT2D eigenvalue weighted by Crippen LogP contribution is 2.24. The number of nitrogens with zero attached hydrogens (tertiary/aromatic N) is 2. The van der Waals surface area contributed by atoms with Gasteiger partial charge in [0, 0.05) is 30.9 Å². The van der Waals surface area contributed by atoms with Gasteiger partial charge < -0.3 is 14.5 Å². The van der Waals surface area contributed by atoms with Crippen molar-refractivity contribution in [3.63, 3.8) is 0 Å². The number of rotatable bonds is 4. The van der Waals surface area contributed by atoms with Crippen molar-refractivity contribution in [1.82, 2.24) is 4.90 Å². The minimum atomic E-state index is 0.191. The number of carbonyl (C=O) groups excluding carboxylic acids is 1. The van der Waals surface area contributed by atoms with Gasteiger partial charge in [0.2, 0.25) is 5.91 Å². The lowest BCUT2D eigenvalue weighted by Crippen LogP contribution is -2.58. The van der Waals surface area contributed by atoms with Crippen molar-refractivity contribution in [2.45, 2.75) is 32.4 Å². The van der Waals surface area contributed by atoms with Crippen molar-refractivity contribution < 1.29 is 9.53 Å². The zero-order valence-electron chi connectivity index (χ0n) is 15.2. The van der Waals surface area contributed by atoms with Gasteiger partial charge in [-0.2, -0.15) is 0 Å². The molecule has 2 aromatic rings. The second kappa shape index (κ2) is 7.60. The second-order valence-electron chi connectivity index (χ2n) is 6.76. The van der Waals surface area contributed by atoms with E-state index in [2.05, 4.69) is 43.0 Å². The van der Waals surface area contributed by atoms with Gasteiger partial charge in [-0.1, -0.05) is 30.3 Å². The molecule has 1 amide bonds. The maximum Gasteiger partial charge on any atom is 0.227 e. The Morgan fingerprint density at radius 1 is 1.00 bits per heavy atom. The molecule has 2 unspecified atom stereocenters. The summed E-state index contributed by atoms with van der Waals surface area (Å²) >= 11 is 0. The van der Waals surface area contributed by atoms with Crippen LogP contribution in [0.3, 0.4) is 0 Å². The van der Waals surface area contributed by atoms with Crippen LogP contribution in [0.25, 0.3) is 0 Å². The van der Waals surface area contributed by atoms with E-state index in [1.165, 1.54) is 5.69 Å². The van der Waals surface area contributed by atoms with E-state index in [1.807, 2.05) is 35.2 Å². The first-order valence-electron chi connectivity index (χ1n) is 8.82. The number of para-hydroxylation sites is 1. The molecule has 0 bridgehead atoms. The van der Waals surface area contributed by atoms with Crippen LogP contribution in [0.4, 0.5) is 5.69 Å². The molecule has 0 N–H and O–H groups in total. The number of carbonyl (C=O) groups is 1. The summed E-state index contributed by atoms with van der Waals surface area (Å²) in [7, 11) is 1.65.